The largest absolute Gasteiger partial charge is 0.478 e. The lowest BCUT2D eigenvalue weighted by Gasteiger charge is -1.98. The van der Waals surface area contributed by atoms with E-state index in [2.05, 4.69) is 13.2 Å². The number of carboxylic acids is 1. The molecule has 0 saturated heterocycles. The summed E-state index contributed by atoms with van der Waals surface area (Å²) in [5.74, 6) is -1.17. The van der Waals surface area contributed by atoms with Gasteiger partial charge in [0.25, 0.3) is 0 Å². The van der Waals surface area contributed by atoms with Crippen LogP contribution in [0.25, 0.3) is 0 Å². The number of rotatable bonds is 3. The highest BCUT2D eigenvalue weighted by Crippen LogP contribution is 2.08. The highest BCUT2D eigenvalue weighted by molar-refractivity contribution is 6.31. The number of aliphatic carboxylic acids is 1. The first-order valence-corrected chi connectivity index (χ1v) is 3.07. The van der Waals surface area contributed by atoms with Crippen LogP contribution in [0, 0.1) is 0 Å². The monoisotopic (exact) mass is 173 g/mol. The van der Waals surface area contributed by atoms with Crippen LogP contribution in [0.3, 0.4) is 0 Å². The zero-order valence-electron chi connectivity index (χ0n) is 5.80. The maximum atomic E-state index is 10.4. The van der Waals surface area contributed by atoms with Crippen molar-refractivity contribution < 1.29 is 9.90 Å². The molecule has 0 aliphatic rings. The number of nitrogens with two attached hydrogens (primary N) is 1. The summed E-state index contributed by atoms with van der Waals surface area (Å²) in [5, 5.41) is 8.59. The van der Waals surface area contributed by atoms with Gasteiger partial charge in [-0.05, 0) is 6.08 Å². The van der Waals surface area contributed by atoms with Gasteiger partial charge in [0.05, 0.1) is 5.57 Å². The number of carbonyl (C=O) groups is 1. The van der Waals surface area contributed by atoms with Crippen molar-refractivity contribution in [3.05, 3.63) is 35.5 Å². The average molecular weight is 174 g/mol. The van der Waals surface area contributed by atoms with Crippen molar-refractivity contribution in [2.24, 2.45) is 5.73 Å². The predicted octanol–water partition coefficient (Wildman–Crippen LogP) is 1.22. The molecule has 0 radical (unpaired) electrons. The third-order valence-electron chi connectivity index (χ3n) is 0.877. The molecule has 0 fully saturated rings. The molecule has 0 spiro atoms. The molecule has 0 saturated carbocycles. The zero-order chi connectivity index (χ0) is 9.02. The number of hydrogen-bond donors (Lipinski definition) is 2. The molecule has 0 aromatic rings. The molecule has 0 atom stereocenters. The first-order chi connectivity index (χ1) is 4.95. The zero-order valence-corrected chi connectivity index (χ0v) is 6.56. The van der Waals surface area contributed by atoms with Gasteiger partial charge in [-0.25, -0.2) is 4.79 Å². The topological polar surface area (TPSA) is 63.3 Å². The number of allylic oxidation sites excluding steroid dienone is 2. The molecule has 0 aromatic carbocycles. The van der Waals surface area contributed by atoms with Crippen LogP contribution in [0.5, 0.6) is 0 Å². The molecule has 0 unspecified atom stereocenters. The molecule has 3 N–H and O–H groups in total. The van der Waals surface area contributed by atoms with Crippen LogP contribution in [0.1, 0.15) is 0 Å². The highest BCUT2D eigenvalue weighted by atomic mass is 35.5. The molecule has 0 heterocycles. The van der Waals surface area contributed by atoms with E-state index in [0.717, 1.165) is 6.08 Å². The van der Waals surface area contributed by atoms with Crippen molar-refractivity contribution in [1.29, 1.82) is 0 Å². The van der Waals surface area contributed by atoms with Gasteiger partial charge in [0, 0.05) is 10.7 Å². The minimum Gasteiger partial charge on any atom is -0.478 e. The fraction of sp³-hybridized carbons (Fsp3) is 0. The maximum Gasteiger partial charge on any atom is 0.337 e. The van der Waals surface area contributed by atoms with Crippen molar-refractivity contribution in [2.75, 3.05) is 0 Å². The first-order valence-electron chi connectivity index (χ1n) is 2.69. The van der Waals surface area contributed by atoms with Crippen molar-refractivity contribution in [3.63, 3.8) is 0 Å². The molecule has 0 aliphatic heterocycles. The van der Waals surface area contributed by atoms with E-state index in [9.17, 15) is 4.79 Å². The minimum atomic E-state index is -1.17. The Hall–Kier alpha value is -1.22. The van der Waals surface area contributed by atoms with Crippen LogP contribution < -0.4 is 5.73 Å². The first kappa shape index (κ1) is 9.78. The summed E-state index contributed by atoms with van der Waals surface area (Å²) in [5.41, 5.74) is 4.97. The second-order valence-corrected chi connectivity index (χ2v) is 2.32. The lowest BCUT2D eigenvalue weighted by atomic mass is 10.2. The average Bonchev–Trinajstić information content (AvgIpc) is 1.81. The predicted molar refractivity (Wildman–Crippen MR) is 44.0 cm³/mol. The Morgan fingerprint density at radius 1 is 1.55 bits per heavy atom. The number of carboxylic acid groups (broad SMARTS) is 1. The summed E-state index contributed by atoms with van der Waals surface area (Å²) < 4.78 is 0. The van der Waals surface area contributed by atoms with E-state index in [0.29, 0.717) is 0 Å². The van der Waals surface area contributed by atoms with Crippen molar-refractivity contribution in [3.8, 4) is 0 Å². The van der Waals surface area contributed by atoms with E-state index < -0.39 is 5.97 Å². The fourth-order valence-electron chi connectivity index (χ4n) is 0.448. The lowest BCUT2D eigenvalue weighted by Crippen LogP contribution is -2.08. The Kier molecular flexibility index (Phi) is 3.40. The molecule has 60 valence electrons. The highest BCUT2D eigenvalue weighted by Gasteiger charge is 2.07. The van der Waals surface area contributed by atoms with Gasteiger partial charge in [-0.2, -0.15) is 0 Å². The molecule has 11 heavy (non-hydrogen) atoms. The van der Waals surface area contributed by atoms with Gasteiger partial charge < -0.3 is 10.8 Å². The second kappa shape index (κ2) is 3.83. The number of hydrogen-bond acceptors (Lipinski definition) is 2. The smallest absolute Gasteiger partial charge is 0.337 e. The lowest BCUT2D eigenvalue weighted by molar-refractivity contribution is -0.132. The molecule has 4 heteroatoms. The van der Waals surface area contributed by atoms with Gasteiger partial charge in [0.2, 0.25) is 0 Å². The Morgan fingerprint density at radius 3 is 2.09 bits per heavy atom. The fourth-order valence-corrected chi connectivity index (χ4v) is 0.558. The quantitative estimate of drug-likeness (QED) is 0.498. The van der Waals surface area contributed by atoms with Crippen molar-refractivity contribution >= 4 is 17.6 Å². The van der Waals surface area contributed by atoms with E-state index in [1.54, 1.807) is 0 Å². The van der Waals surface area contributed by atoms with E-state index >= 15 is 0 Å². The van der Waals surface area contributed by atoms with Crippen LogP contribution in [0.15, 0.2) is 35.5 Å². The standard InChI is InChI=1S/C7H8ClNO2/c1-4(8)3-6(5(2)9)7(10)11/h3H,1-2,9H2,(H,10,11)/b6-3+. The molecular formula is C7H8ClNO2. The summed E-state index contributed by atoms with van der Waals surface area (Å²) in [6.07, 6.45) is 1.15. The third-order valence-corrected chi connectivity index (χ3v) is 0.986. The Balaban J connectivity index is 4.75. The van der Waals surface area contributed by atoms with Crippen LogP contribution in [-0.2, 0) is 4.79 Å². The van der Waals surface area contributed by atoms with E-state index in [4.69, 9.17) is 22.4 Å². The minimum absolute atomic E-state index is 0.0423. The Labute approximate surface area is 69.5 Å². The van der Waals surface area contributed by atoms with Gasteiger partial charge in [-0.3, -0.25) is 0 Å². The van der Waals surface area contributed by atoms with Crippen molar-refractivity contribution in [2.45, 2.75) is 0 Å². The SMILES string of the molecule is C=C(Cl)/C=C(\C(=C)N)C(=O)O. The summed E-state index contributed by atoms with van der Waals surface area (Å²) in [7, 11) is 0. The van der Waals surface area contributed by atoms with E-state index in [1.807, 2.05) is 0 Å². The van der Waals surface area contributed by atoms with Gasteiger partial charge in [-0.1, -0.05) is 24.8 Å². The summed E-state index contributed by atoms with van der Waals surface area (Å²) >= 11 is 5.33. The molecule has 0 amide bonds. The Bertz CT molecular complexity index is 227. The van der Waals surface area contributed by atoms with Crippen LogP contribution >= 0.6 is 11.6 Å². The Morgan fingerprint density at radius 2 is 2.00 bits per heavy atom. The van der Waals surface area contributed by atoms with Gasteiger partial charge in [-0.15, -0.1) is 0 Å². The summed E-state index contributed by atoms with van der Waals surface area (Å²) in [4.78, 5) is 10.4. The normalized spacial score (nSPS) is 10.8. The van der Waals surface area contributed by atoms with Crippen LogP contribution in [0.2, 0.25) is 0 Å². The van der Waals surface area contributed by atoms with Gasteiger partial charge >= 0.3 is 5.97 Å². The van der Waals surface area contributed by atoms with Crippen LogP contribution in [-0.4, -0.2) is 11.1 Å². The molecule has 0 rings (SSSR count). The second-order valence-electron chi connectivity index (χ2n) is 1.84. The van der Waals surface area contributed by atoms with Crippen molar-refractivity contribution in [1.82, 2.24) is 0 Å². The van der Waals surface area contributed by atoms with Gasteiger partial charge in [0.1, 0.15) is 0 Å². The van der Waals surface area contributed by atoms with E-state index in [-0.39, 0.29) is 16.3 Å². The summed E-state index contributed by atoms with van der Waals surface area (Å²) in [6.45, 7) is 6.55. The third kappa shape index (κ3) is 3.47. The summed E-state index contributed by atoms with van der Waals surface area (Å²) in [6, 6.07) is 0. The molecule has 0 aromatic heterocycles. The molecule has 3 nitrogen and oxygen atoms in total. The molecule has 0 bridgehead atoms. The van der Waals surface area contributed by atoms with Gasteiger partial charge in [0.15, 0.2) is 0 Å². The molecule has 0 aliphatic carbocycles. The van der Waals surface area contributed by atoms with Crippen LogP contribution in [0.4, 0.5) is 0 Å². The number of halogens is 1. The van der Waals surface area contributed by atoms with E-state index in [1.165, 1.54) is 0 Å². The maximum absolute atomic E-state index is 10.4. The molecular weight excluding hydrogens is 166 g/mol.